The molecule has 0 aliphatic rings. The lowest BCUT2D eigenvalue weighted by molar-refractivity contribution is 0.790. The second-order valence-corrected chi connectivity index (χ2v) is 3.35. The first-order valence-electron chi connectivity index (χ1n) is 4.33. The topological polar surface area (TPSA) is 66.9 Å². The maximum Gasteiger partial charge on any atom is 0.179 e. The maximum atomic E-state index is 8.66. The third kappa shape index (κ3) is 1.21. The monoisotopic (exact) mass is 187 g/mol. The number of hydrogen-bond donors (Lipinski definition) is 0. The van der Waals surface area contributed by atoms with Gasteiger partial charge < -0.3 is 0 Å². The van der Waals surface area contributed by atoms with Crippen molar-refractivity contribution >= 4 is 5.65 Å². The molecular formula is C9H9N5. The molecule has 0 bridgehead atoms. The number of rotatable bonds is 1. The molecule has 0 saturated carbocycles. The Hall–Kier alpha value is -1.96. The standard InChI is InChI=1S/C9H9N5/c1-6(2)8-9-11-4-7(3-10)5-14(9)13-12-8/h4-6H,1-2H3. The van der Waals surface area contributed by atoms with Crippen LogP contribution >= 0.6 is 0 Å². The summed E-state index contributed by atoms with van der Waals surface area (Å²) in [5, 5.41) is 16.6. The number of aromatic nitrogens is 4. The average Bonchev–Trinajstić information content (AvgIpc) is 2.59. The van der Waals surface area contributed by atoms with E-state index in [0.29, 0.717) is 5.56 Å². The smallest absolute Gasteiger partial charge is 0.179 e. The third-order valence-electron chi connectivity index (χ3n) is 1.96. The molecule has 0 spiro atoms. The van der Waals surface area contributed by atoms with E-state index in [2.05, 4.69) is 15.3 Å². The molecule has 0 aromatic carbocycles. The van der Waals surface area contributed by atoms with Crippen molar-refractivity contribution in [3.63, 3.8) is 0 Å². The molecule has 0 saturated heterocycles. The van der Waals surface area contributed by atoms with E-state index in [4.69, 9.17) is 5.26 Å². The molecule has 2 aromatic rings. The van der Waals surface area contributed by atoms with Crippen molar-refractivity contribution in [2.24, 2.45) is 0 Å². The van der Waals surface area contributed by atoms with Crippen molar-refractivity contribution in [2.45, 2.75) is 19.8 Å². The Balaban J connectivity index is 2.67. The molecule has 0 aliphatic carbocycles. The summed E-state index contributed by atoms with van der Waals surface area (Å²) in [5.74, 6) is 0.285. The third-order valence-corrected chi connectivity index (χ3v) is 1.96. The summed E-state index contributed by atoms with van der Waals surface area (Å²) in [5.41, 5.74) is 2.06. The van der Waals surface area contributed by atoms with Crippen molar-refractivity contribution in [2.75, 3.05) is 0 Å². The van der Waals surface area contributed by atoms with Crippen molar-refractivity contribution in [1.82, 2.24) is 19.8 Å². The number of fused-ring (bicyclic) bond motifs is 1. The molecular weight excluding hydrogens is 178 g/mol. The van der Waals surface area contributed by atoms with E-state index < -0.39 is 0 Å². The van der Waals surface area contributed by atoms with Crippen LogP contribution in [0.3, 0.4) is 0 Å². The second-order valence-electron chi connectivity index (χ2n) is 3.35. The van der Waals surface area contributed by atoms with Crippen LogP contribution < -0.4 is 0 Å². The Morgan fingerprint density at radius 2 is 2.29 bits per heavy atom. The van der Waals surface area contributed by atoms with Gasteiger partial charge in [-0.2, -0.15) is 5.26 Å². The molecule has 70 valence electrons. The largest absolute Gasteiger partial charge is 0.234 e. The van der Waals surface area contributed by atoms with Gasteiger partial charge in [-0.05, 0) is 0 Å². The van der Waals surface area contributed by atoms with Crippen molar-refractivity contribution in [1.29, 1.82) is 5.26 Å². The fourth-order valence-corrected chi connectivity index (χ4v) is 1.24. The first-order valence-corrected chi connectivity index (χ1v) is 4.33. The van der Waals surface area contributed by atoms with Crippen LogP contribution in [0, 0.1) is 11.3 Å². The number of nitrogens with zero attached hydrogens (tertiary/aromatic N) is 5. The van der Waals surface area contributed by atoms with E-state index >= 15 is 0 Å². The molecule has 0 atom stereocenters. The first-order chi connectivity index (χ1) is 6.72. The van der Waals surface area contributed by atoms with Crippen molar-refractivity contribution in [3.05, 3.63) is 23.7 Å². The fraction of sp³-hybridized carbons (Fsp3) is 0.333. The lowest BCUT2D eigenvalue weighted by Gasteiger charge is -1.97. The Morgan fingerprint density at radius 1 is 1.50 bits per heavy atom. The lowest BCUT2D eigenvalue weighted by atomic mass is 10.1. The molecule has 14 heavy (non-hydrogen) atoms. The van der Waals surface area contributed by atoms with E-state index in [1.165, 1.54) is 10.7 Å². The van der Waals surface area contributed by atoms with Crippen LogP contribution in [0.1, 0.15) is 31.0 Å². The molecule has 0 amide bonds. The van der Waals surface area contributed by atoms with Gasteiger partial charge in [-0.15, -0.1) is 5.10 Å². The van der Waals surface area contributed by atoms with Crippen LogP contribution in [0.5, 0.6) is 0 Å². The van der Waals surface area contributed by atoms with Gasteiger partial charge in [0.05, 0.1) is 11.8 Å². The van der Waals surface area contributed by atoms with Gasteiger partial charge in [0.25, 0.3) is 0 Å². The fourth-order valence-electron chi connectivity index (χ4n) is 1.24. The van der Waals surface area contributed by atoms with Gasteiger partial charge in [-0.3, -0.25) is 0 Å². The zero-order valence-corrected chi connectivity index (χ0v) is 7.97. The van der Waals surface area contributed by atoms with Gasteiger partial charge in [-0.1, -0.05) is 19.1 Å². The van der Waals surface area contributed by atoms with E-state index in [1.807, 2.05) is 19.9 Å². The molecule has 0 fully saturated rings. The SMILES string of the molecule is CC(C)c1nnn2cc(C#N)cnc12. The van der Waals surface area contributed by atoms with Gasteiger partial charge in [0.15, 0.2) is 5.65 Å². The summed E-state index contributed by atoms with van der Waals surface area (Å²) in [6.07, 6.45) is 3.16. The van der Waals surface area contributed by atoms with Crippen LogP contribution in [-0.4, -0.2) is 19.8 Å². The first kappa shape index (κ1) is 8.63. The second kappa shape index (κ2) is 3.07. The Labute approximate surface area is 81.0 Å². The normalized spacial score (nSPS) is 10.7. The highest BCUT2D eigenvalue weighted by Gasteiger charge is 2.10. The van der Waals surface area contributed by atoms with Crippen LogP contribution in [0.15, 0.2) is 12.4 Å². The molecule has 0 aliphatic heterocycles. The summed E-state index contributed by atoms with van der Waals surface area (Å²) < 4.78 is 1.54. The van der Waals surface area contributed by atoms with E-state index in [9.17, 15) is 0 Å². The van der Waals surface area contributed by atoms with Gasteiger partial charge in [0, 0.05) is 12.1 Å². The molecule has 0 N–H and O–H groups in total. The molecule has 5 heteroatoms. The number of nitriles is 1. The van der Waals surface area contributed by atoms with E-state index in [0.717, 1.165) is 11.3 Å². The molecule has 2 rings (SSSR count). The van der Waals surface area contributed by atoms with Gasteiger partial charge in [-0.25, -0.2) is 9.50 Å². The van der Waals surface area contributed by atoms with Gasteiger partial charge in [0.1, 0.15) is 11.8 Å². The molecule has 5 nitrogen and oxygen atoms in total. The molecule has 2 aromatic heterocycles. The summed E-state index contributed by atoms with van der Waals surface area (Å²) in [6.45, 7) is 4.06. The predicted molar refractivity (Wildman–Crippen MR) is 49.6 cm³/mol. The highest BCUT2D eigenvalue weighted by molar-refractivity contribution is 5.45. The molecule has 0 unspecified atom stereocenters. The predicted octanol–water partition coefficient (Wildman–Crippen LogP) is 1.12. The Bertz CT molecular complexity index is 505. The summed E-state index contributed by atoms with van der Waals surface area (Å²) in [6, 6.07) is 2.01. The molecule has 0 radical (unpaired) electrons. The average molecular weight is 187 g/mol. The number of hydrogen-bond acceptors (Lipinski definition) is 4. The summed E-state index contributed by atoms with van der Waals surface area (Å²) >= 11 is 0. The zero-order chi connectivity index (χ0) is 10.1. The van der Waals surface area contributed by atoms with Crippen molar-refractivity contribution in [3.8, 4) is 6.07 Å². The van der Waals surface area contributed by atoms with Crippen molar-refractivity contribution < 1.29 is 0 Å². The van der Waals surface area contributed by atoms with Crippen LogP contribution in [-0.2, 0) is 0 Å². The van der Waals surface area contributed by atoms with Crippen LogP contribution in [0.4, 0.5) is 0 Å². The van der Waals surface area contributed by atoms with Crippen LogP contribution in [0.25, 0.3) is 5.65 Å². The maximum absolute atomic E-state index is 8.66. The minimum atomic E-state index is 0.285. The lowest BCUT2D eigenvalue weighted by Crippen LogP contribution is -1.93. The summed E-state index contributed by atoms with van der Waals surface area (Å²) in [4.78, 5) is 4.15. The van der Waals surface area contributed by atoms with Gasteiger partial charge >= 0.3 is 0 Å². The van der Waals surface area contributed by atoms with Gasteiger partial charge in [0.2, 0.25) is 0 Å². The quantitative estimate of drug-likeness (QED) is 0.670. The van der Waals surface area contributed by atoms with Crippen LogP contribution in [0.2, 0.25) is 0 Å². The minimum absolute atomic E-state index is 0.285. The van der Waals surface area contributed by atoms with E-state index in [1.54, 1.807) is 6.20 Å². The Kier molecular flexibility index (Phi) is 1.89. The molecule has 2 heterocycles. The van der Waals surface area contributed by atoms with E-state index in [-0.39, 0.29) is 5.92 Å². The minimum Gasteiger partial charge on any atom is -0.234 e. The zero-order valence-electron chi connectivity index (χ0n) is 7.97. The highest BCUT2D eigenvalue weighted by atomic mass is 15.4. The Morgan fingerprint density at radius 3 is 2.93 bits per heavy atom. The summed E-state index contributed by atoms with van der Waals surface area (Å²) in [7, 11) is 0. The highest BCUT2D eigenvalue weighted by Crippen LogP contribution is 2.15.